The molecular formula is C12H18N2O3S. The molecule has 1 N–H and O–H groups in total. The first-order valence-electron chi connectivity index (χ1n) is 6.48. The van der Waals surface area contributed by atoms with Crippen LogP contribution < -0.4 is 5.32 Å². The lowest BCUT2D eigenvalue weighted by Gasteiger charge is -2.12. The number of nitrogens with zero attached hydrogens (tertiary/aromatic N) is 1. The molecule has 2 aliphatic rings. The molecule has 5 nitrogen and oxygen atoms in total. The van der Waals surface area contributed by atoms with Crippen molar-refractivity contribution in [2.24, 2.45) is 0 Å². The molecule has 0 bridgehead atoms. The summed E-state index contributed by atoms with van der Waals surface area (Å²) in [4.78, 5) is 0. The van der Waals surface area contributed by atoms with Crippen molar-refractivity contribution in [3.63, 3.8) is 0 Å². The minimum atomic E-state index is -3.40. The van der Waals surface area contributed by atoms with Crippen LogP contribution in [0.2, 0.25) is 0 Å². The van der Waals surface area contributed by atoms with Crippen molar-refractivity contribution in [3.05, 3.63) is 17.9 Å². The number of sulfonamides is 1. The van der Waals surface area contributed by atoms with E-state index in [9.17, 15) is 8.42 Å². The first-order valence-corrected chi connectivity index (χ1v) is 7.92. The van der Waals surface area contributed by atoms with Crippen LogP contribution in [0.1, 0.15) is 31.4 Å². The van der Waals surface area contributed by atoms with Gasteiger partial charge in [0.15, 0.2) is 0 Å². The predicted octanol–water partition coefficient (Wildman–Crippen LogP) is 1.32. The zero-order valence-electron chi connectivity index (χ0n) is 10.3. The molecule has 1 aromatic heterocycles. The smallest absolute Gasteiger partial charge is 0.276 e. The molecule has 0 unspecified atom stereocenters. The van der Waals surface area contributed by atoms with E-state index in [1.165, 1.54) is 17.1 Å². The normalized spacial score (nSPS) is 21.6. The van der Waals surface area contributed by atoms with Crippen molar-refractivity contribution >= 4 is 10.0 Å². The number of hydrogen-bond acceptors (Lipinski definition) is 4. The Hall–Kier alpha value is -0.850. The summed E-state index contributed by atoms with van der Waals surface area (Å²) >= 11 is 0. The van der Waals surface area contributed by atoms with Gasteiger partial charge in [-0.3, -0.25) is 0 Å². The highest BCUT2D eigenvalue weighted by Crippen LogP contribution is 2.23. The van der Waals surface area contributed by atoms with Crippen LogP contribution in [0.5, 0.6) is 0 Å². The highest BCUT2D eigenvalue weighted by atomic mass is 32.2. The fraction of sp³-hybridized carbons (Fsp3) is 0.667. The summed E-state index contributed by atoms with van der Waals surface area (Å²) in [5, 5.41) is 3.39. The molecule has 1 saturated carbocycles. The molecule has 3 rings (SSSR count). The van der Waals surface area contributed by atoms with Gasteiger partial charge in [-0.2, -0.15) is 4.31 Å². The Morgan fingerprint density at radius 1 is 1.28 bits per heavy atom. The van der Waals surface area contributed by atoms with Gasteiger partial charge in [0.2, 0.25) is 5.09 Å². The van der Waals surface area contributed by atoms with E-state index in [0.29, 0.717) is 31.4 Å². The second-order valence-electron chi connectivity index (χ2n) is 4.99. The highest BCUT2D eigenvalue weighted by Gasteiger charge is 2.30. The van der Waals surface area contributed by atoms with Crippen molar-refractivity contribution in [3.8, 4) is 0 Å². The third-order valence-electron chi connectivity index (χ3n) is 3.44. The third-order valence-corrected chi connectivity index (χ3v) is 5.21. The van der Waals surface area contributed by atoms with Crippen molar-refractivity contribution in [2.75, 3.05) is 13.1 Å². The molecule has 0 spiro atoms. The molecule has 2 fully saturated rings. The van der Waals surface area contributed by atoms with Crippen LogP contribution in [0.15, 0.2) is 21.6 Å². The standard InChI is InChI=1S/C12H18N2O3S/c15-18(16,14-7-1-2-8-14)12-6-5-11(17-12)9-13-10-3-4-10/h5-6,10,13H,1-4,7-9H2. The van der Waals surface area contributed by atoms with Gasteiger partial charge in [-0.15, -0.1) is 0 Å². The monoisotopic (exact) mass is 270 g/mol. The molecule has 0 amide bonds. The van der Waals surface area contributed by atoms with E-state index >= 15 is 0 Å². The zero-order valence-corrected chi connectivity index (χ0v) is 11.1. The van der Waals surface area contributed by atoms with Gasteiger partial charge < -0.3 is 9.73 Å². The number of nitrogens with one attached hydrogen (secondary N) is 1. The largest absolute Gasteiger partial charge is 0.447 e. The van der Waals surface area contributed by atoms with E-state index < -0.39 is 10.0 Å². The molecule has 100 valence electrons. The van der Waals surface area contributed by atoms with Crippen LogP contribution in [-0.4, -0.2) is 31.9 Å². The Morgan fingerprint density at radius 2 is 2.00 bits per heavy atom. The van der Waals surface area contributed by atoms with E-state index in [2.05, 4.69) is 5.32 Å². The van der Waals surface area contributed by atoms with Crippen LogP contribution in [0.25, 0.3) is 0 Å². The maximum Gasteiger partial charge on any atom is 0.276 e. The van der Waals surface area contributed by atoms with Gasteiger partial charge >= 0.3 is 0 Å². The Kier molecular flexibility index (Phi) is 3.17. The number of rotatable bonds is 5. The molecule has 18 heavy (non-hydrogen) atoms. The first kappa shape index (κ1) is 12.2. The first-order chi connectivity index (χ1) is 8.66. The van der Waals surface area contributed by atoms with Crippen LogP contribution in [0.4, 0.5) is 0 Å². The van der Waals surface area contributed by atoms with Gasteiger partial charge in [-0.05, 0) is 37.8 Å². The van der Waals surface area contributed by atoms with Crippen molar-refractivity contribution in [1.29, 1.82) is 0 Å². The fourth-order valence-electron chi connectivity index (χ4n) is 2.18. The Labute approximate surface area is 107 Å². The van der Waals surface area contributed by atoms with E-state index in [-0.39, 0.29) is 5.09 Å². The minimum absolute atomic E-state index is 0.0806. The molecule has 1 aromatic rings. The van der Waals surface area contributed by atoms with Gasteiger partial charge in [-0.25, -0.2) is 8.42 Å². The Balaban J connectivity index is 1.70. The molecule has 1 aliphatic heterocycles. The second-order valence-corrected chi connectivity index (χ2v) is 6.86. The third kappa shape index (κ3) is 2.46. The van der Waals surface area contributed by atoms with Crippen LogP contribution in [0, 0.1) is 0 Å². The van der Waals surface area contributed by atoms with Crippen LogP contribution in [-0.2, 0) is 16.6 Å². The van der Waals surface area contributed by atoms with Gasteiger partial charge in [0.25, 0.3) is 10.0 Å². The van der Waals surface area contributed by atoms with Crippen molar-refractivity contribution < 1.29 is 12.8 Å². The highest BCUT2D eigenvalue weighted by molar-refractivity contribution is 7.89. The maximum absolute atomic E-state index is 12.2. The summed E-state index contributed by atoms with van der Waals surface area (Å²) < 4.78 is 31.4. The molecule has 0 aromatic carbocycles. The molecular weight excluding hydrogens is 252 g/mol. The molecule has 1 saturated heterocycles. The molecule has 1 aliphatic carbocycles. The predicted molar refractivity (Wildman–Crippen MR) is 66.6 cm³/mol. The van der Waals surface area contributed by atoms with Gasteiger partial charge in [0.1, 0.15) is 5.76 Å². The number of hydrogen-bond donors (Lipinski definition) is 1. The maximum atomic E-state index is 12.2. The zero-order chi connectivity index (χ0) is 12.6. The van der Waals surface area contributed by atoms with Crippen LogP contribution in [0.3, 0.4) is 0 Å². The molecule has 0 atom stereocenters. The molecule has 0 radical (unpaired) electrons. The topological polar surface area (TPSA) is 62.6 Å². The lowest BCUT2D eigenvalue weighted by Crippen LogP contribution is -2.27. The summed E-state index contributed by atoms with van der Waals surface area (Å²) in [7, 11) is -3.40. The summed E-state index contributed by atoms with van der Waals surface area (Å²) in [6.07, 6.45) is 4.30. The lowest BCUT2D eigenvalue weighted by molar-refractivity contribution is 0.381. The van der Waals surface area contributed by atoms with E-state index in [4.69, 9.17) is 4.42 Å². The van der Waals surface area contributed by atoms with Crippen molar-refractivity contribution in [1.82, 2.24) is 9.62 Å². The minimum Gasteiger partial charge on any atom is -0.447 e. The lowest BCUT2D eigenvalue weighted by atomic mass is 10.4. The summed E-state index contributed by atoms with van der Waals surface area (Å²) in [6, 6.07) is 3.91. The average molecular weight is 270 g/mol. The van der Waals surface area contributed by atoms with E-state index in [0.717, 1.165) is 12.8 Å². The van der Waals surface area contributed by atoms with E-state index in [1.807, 2.05) is 0 Å². The quantitative estimate of drug-likeness (QED) is 0.876. The summed E-state index contributed by atoms with van der Waals surface area (Å²) in [6.45, 7) is 1.83. The van der Waals surface area contributed by atoms with Crippen LogP contribution >= 0.6 is 0 Å². The molecule has 6 heteroatoms. The summed E-state index contributed by atoms with van der Waals surface area (Å²) in [5.41, 5.74) is 0. The average Bonchev–Trinajstić information content (AvgIpc) is 2.87. The fourth-order valence-corrected chi connectivity index (χ4v) is 3.63. The van der Waals surface area contributed by atoms with Gasteiger partial charge in [-0.1, -0.05) is 0 Å². The second kappa shape index (κ2) is 4.68. The molecule has 2 heterocycles. The van der Waals surface area contributed by atoms with Gasteiger partial charge in [0, 0.05) is 19.1 Å². The van der Waals surface area contributed by atoms with Crippen molar-refractivity contribution in [2.45, 2.75) is 43.4 Å². The van der Waals surface area contributed by atoms with E-state index in [1.54, 1.807) is 12.1 Å². The summed E-state index contributed by atoms with van der Waals surface area (Å²) in [5.74, 6) is 0.694. The number of furan rings is 1. The Morgan fingerprint density at radius 3 is 2.67 bits per heavy atom. The SMILES string of the molecule is O=S(=O)(c1ccc(CNC2CC2)o1)N1CCCC1. The Bertz CT molecular complexity index is 513. The van der Waals surface area contributed by atoms with Gasteiger partial charge in [0.05, 0.1) is 6.54 Å².